The maximum atomic E-state index is 12.4. The summed E-state index contributed by atoms with van der Waals surface area (Å²) in [7, 11) is 0. The van der Waals surface area contributed by atoms with Gasteiger partial charge < -0.3 is 14.7 Å². The van der Waals surface area contributed by atoms with Crippen LogP contribution in [0.3, 0.4) is 0 Å². The number of nitrogens with zero attached hydrogens (tertiary/aromatic N) is 1. The van der Waals surface area contributed by atoms with Crippen LogP contribution >= 0.6 is 23.4 Å². The molecule has 1 aliphatic rings. The van der Waals surface area contributed by atoms with E-state index >= 15 is 0 Å². The molecule has 1 heterocycles. The molecule has 7 heteroatoms. The third kappa shape index (κ3) is 5.80. The zero-order chi connectivity index (χ0) is 21.5. The van der Waals surface area contributed by atoms with E-state index in [0.717, 1.165) is 21.1 Å². The summed E-state index contributed by atoms with van der Waals surface area (Å²) in [6.07, 6.45) is 4.25. The smallest absolute Gasteiger partial charge is 0.306 e. The maximum Gasteiger partial charge on any atom is 0.306 e. The Morgan fingerprint density at radius 3 is 2.60 bits per heavy atom. The minimum absolute atomic E-state index is 0.112. The van der Waals surface area contributed by atoms with Crippen molar-refractivity contribution >= 4 is 41.3 Å². The van der Waals surface area contributed by atoms with Gasteiger partial charge in [0.1, 0.15) is 5.75 Å². The molecule has 30 heavy (non-hydrogen) atoms. The quantitative estimate of drug-likeness (QED) is 0.591. The van der Waals surface area contributed by atoms with Crippen LogP contribution in [0.15, 0.2) is 58.3 Å². The summed E-state index contributed by atoms with van der Waals surface area (Å²) in [6.45, 7) is 3.48. The number of carbonyl (C=O) groups excluding carboxylic acids is 1. The monoisotopic (exact) mass is 445 g/mol. The zero-order valence-corrected chi connectivity index (χ0v) is 18.3. The minimum atomic E-state index is -0.783. The number of piperidine rings is 1. The van der Waals surface area contributed by atoms with Crippen LogP contribution in [0.4, 0.5) is 0 Å². The van der Waals surface area contributed by atoms with Crippen LogP contribution in [-0.4, -0.2) is 41.6 Å². The van der Waals surface area contributed by atoms with Crippen LogP contribution in [0.2, 0.25) is 5.02 Å². The first kappa shape index (κ1) is 22.2. The van der Waals surface area contributed by atoms with Gasteiger partial charge in [-0.1, -0.05) is 41.6 Å². The van der Waals surface area contributed by atoms with Gasteiger partial charge in [0, 0.05) is 24.1 Å². The molecule has 1 saturated heterocycles. The van der Waals surface area contributed by atoms with E-state index < -0.39 is 5.97 Å². The van der Waals surface area contributed by atoms with Gasteiger partial charge in [0.05, 0.1) is 22.4 Å². The van der Waals surface area contributed by atoms with E-state index in [9.17, 15) is 9.59 Å². The van der Waals surface area contributed by atoms with Crippen molar-refractivity contribution in [2.75, 3.05) is 19.7 Å². The highest BCUT2D eigenvalue weighted by molar-refractivity contribution is 7.99. The predicted molar refractivity (Wildman–Crippen MR) is 119 cm³/mol. The Hall–Kier alpha value is -2.44. The fourth-order valence-electron chi connectivity index (χ4n) is 3.25. The van der Waals surface area contributed by atoms with Gasteiger partial charge in [0.2, 0.25) is 5.91 Å². The molecule has 158 valence electrons. The van der Waals surface area contributed by atoms with Gasteiger partial charge in [0.15, 0.2) is 0 Å². The number of rotatable bonds is 7. The molecule has 2 aromatic rings. The molecule has 3 rings (SSSR count). The second-order valence-corrected chi connectivity index (χ2v) is 8.43. The molecule has 0 atom stereocenters. The molecular weight excluding hydrogens is 422 g/mol. The lowest BCUT2D eigenvalue weighted by Crippen LogP contribution is -2.39. The van der Waals surface area contributed by atoms with E-state index in [1.54, 1.807) is 11.0 Å². The molecule has 0 spiro atoms. The van der Waals surface area contributed by atoms with Gasteiger partial charge in [-0.05, 0) is 55.7 Å². The Kier molecular flexibility index (Phi) is 7.82. The molecule has 0 aliphatic carbocycles. The fourth-order valence-corrected chi connectivity index (χ4v) is 4.46. The third-order valence-electron chi connectivity index (χ3n) is 4.90. The van der Waals surface area contributed by atoms with Gasteiger partial charge in [-0.25, -0.2) is 0 Å². The largest absolute Gasteiger partial charge is 0.493 e. The Morgan fingerprint density at radius 1 is 1.20 bits per heavy atom. The summed E-state index contributed by atoms with van der Waals surface area (Å²) < 4.78 is 5.67. The van der Waals surface area contributed by atoms with Gasteiger partial charge in [-0.2, -0.15) is 0 Å². The first-order valence-corrected chi connectivity index (χ1v) is 11.1. The van der Waals surface area contributed by atoms with Crippen molar-refractivity contribution in [1.29, 1.82) is 0 Å². The number of amides is 1. The normalized spacial score (nSPS) is 14.8. The lowest BCUT2D eigenvalue weighted by atomic mass is 9.97. The molecule has 1 fully saturated rings. The Balaban J connectivity index is 1.63. The number of hydrogen-bond acceptors (Lipinski definition) is 4. The molecule has 0 bridgehead atoms. The third-order valence-corrected chi connectivity index (χ3v) is 6.46. The van der Waals surface area contributed by atoms with Crippen molar-refractivity contribution in [2.24, 2.45) is 5.92 Å². The Morgan fingerprint density at radius 2 is 1.93 bits per heavy atom. The topological polar surface area (TPSA) is 66.8 Å². The van der Waals surface area contributed by atoms with E-state index in [4.69, 9.17) is 21.4 Å². The fraction of sp³-hybridized carbons (Fsp3) is 0.304. The lowest BCUT2D eigenvalue weighted by molar-refractivity contribution is -0.144. The van der Waals surface area contributed by atoms with E-state index in [-0.39, 0.29) is 11.8 Å². The number of hydrogen-bond donors (Lipinski definition) is 1. The molecule has 1 amide bonds. The number of para-hydroxylation sites is 1. The number of carbonyl (C=O) groups is 2. The number of halogens is 1. The summed E-state index contributed by atoms with van der Waals surface area (Å²) in [5.41, 5.74) is 0.830. The van der Waals surface area contributed by atoms with Crippen LogP contribution in [0.25, 0.3) is 6.08 Å². The second-order valence-electron chi connectivity index (χ2n) is 6.94. The highest BCUT2D eigenvalue weighted by Crippen LogP contribution is 2.38. The lowest BCUT2D eigenvalue weighted by Gasteiger charge is -2.29. The number of ether oxygens (including phenoxy) is 1. The first-order valence-electron chi connectivity index (χ1n) is 9.87. The molecule has 0 radical (unpaired) electrons. The number of aliphatic carboxylic acids is 1. The van der Waals surface area contributed by atoms with Crippen LogP contribution in [0, 0.1) is 5.92 Å². The van der Waals surface area contributed by atoms with E-state index in [1.165, 1.54) is 17.8 Å². The van der Waals surface area contributed by atoms with E-state index in [2.05, 4.69) is 0 Å². The Labute approximate surface area is 185 Å². The van der Waals surface area contributed by atoms with Crippen molar-refractivity contribution in [3.8, 4) is 5.75 Å². The predicted octanol–water partition coefficient (Wildman–Crippen LogP) is 5.23. The number of likely N-dealkylation sites (tertiary alicyclic amines) is 1. The summed E-state index contributed by atoms with van der Waals surface area (Å²) >= 11 is 8.01. The van der Waals surface area contributed by atoms with Crippen LogP contribution in [0.1, 0.15) is 25.3 Å². The summed E-state index contributed by atoms with van der Waals surface area (Å²) in [4.78, 5) is 27.0. The maximum absolute atomic E-state index is 12.4. The van der Waals surface area contributed by atoms with Gasteiger partial charge in [-0.15, -0.1) is 0 Å². The summed E-state index contributed by atoms with van der Waals surface area (Å²) in [5.74, 6) is -0.426. The zero-order valence-electron chi connectivity index (χ0n) is 16.7. The van der Waals surface area contributed by atoms with E-state index in [1.807, 2.05) is 49.4 Å². The molecule has 0 saturated carbocycles. The van der Waals surface area contributed by atoms with E-state index in [0.29, 0.717) is 37.6 Å². The van der Waals surface area contributed by atoms with Crippen molar-refractivity contribution in [2.45, 2.75) is 29.6 Å². The van der Waals surface area contributed by atoms with Crippen molar-refractivity contribution in [1.82, 2.24) is 4.90 Å². The standard InChI is InChI=1S/C23H24ClNO4S/c1-2-29-19-5-3-4-6-21(19)30-20-9-7-16(15-18(20)24)8-10-22(26)25-13-11-17(12-14-25)23(27)28/h3-10,15,17H,2,11-14H2,1H3,(H,27,28). The molecule has 1 aliphatic heterocycles. The molecule has 5 nitrogen and oxygen atoms in total. The van der Waals surface area contributed by atoms with Gasteiger partial charge >= 0.3 is 5.97 Å². The average Bonchev–Trinajstić information content (AvgIpc) is 2.75. The molecule has 0 unspecified atom stereocenters. The average molecular weight is 446 g/mol. The highest BCUT2D eigenvalue weighted by Gasteiger charge is 2.25. The summed E-state index contributed by atoms with van der Waals surface area (Å²) in [6, 6.07) is 13.5. The second kappa shape index (κ2) is 10.5. The minimum Gasteiger partial charge on any atom is -0.493 e. The molecule has 2 aromatic carbocycles. The first-order chi connectivity index (χ1) is 14.5. The number of carboxylic acids is 1. The van der Waals surface area contributed by atoms with Gasteiger partial charge in [-0.3, -0.25) is 9.59 Å². The van der Waals surface area contributed by atoms with Crippen LogP contribution < -0.4 is 4.74 Å². The van der Waals surface area contributed by atoms with Crippen LogP contribution in [-0.2, 0) is 9.59 Å². The van der Waals surface area contributed by atoms with Gasteiger partial charge in [0.25, 0.3) is 0 Å². The highest BCUT2D eigenvalue weighted by atomic mass is 35.5. The SMILES string of the molecule is CCOc1ccccc1Sc1ccc(C=CC(=O)N2CCC(C(=O)O)CC2)cc1Cl. The Bertz CT molecular complexity index is 939. The van der Waals surface area contributed by atoms with Crippen molar-refractivity contribution < 1.29 is 19.4 Å². The van der Waals surface area contributed by atoms with Crippen molar-refractivity contribution in [3.05, 3.63) is 59.1 Å². The molecular formula is C23H24ClNO4S. The molecule has 0 aromatic heterocycles. The number of carboxylic acid groups (broad SMARTS) is 1. The van der Waals surface area contributed by atoms with Crippen LogP contribution in [0.5, 0.6) is 5.75 Å². The number of benzene rings is 2. The van der Waals surface area contributed by atoms with Crippen molar-refractivity contribution in [3.63, 3.8) is 0 Å². The molecule has 1 N–H and O–H groups in total. The summed E-state index contributed by atoms with van der Waals surface area (Å²) in [5, 5.41) is 9.66.